The summed E-state index contributed by atoms with van der Waals surface area (Å²) in [5.74, 6) is 1.67. The average Bonchev–Trinajstić information content (AvgIpc) is 2.61. The van der Waals surface area contributed by atoms with Gasteiger partial charge in [0.25, 0.3) is 0 Å². The van der Waals surface area contributed by atoms with Crippen LogP contribution in [0.15, 0.2) is 36.7 Å². The number of hydrogen-bond acceptors (Lipinski definition) is 5. The van der Waals surface area contributed by atoms with E-state index in [1.165, 1.54) is 0 Å². The maximum absolute atomic E-state index is 6.09. The molecule has 1 unspecified atom stereocenters. The van der Waals surface area contributed by atoms with E-state index in [4.69, 9.17) is 16.3 Å². The first-order chi connectivity index (χ1) is 11.3. The predicted octanol–water partition coefficient (Wildman–Crippen LogP) is 2.90. The standard InChI is InChI=1S/C17H21ClN4O/c1-23-16-6-5-14(18)10-13(16)11-21-15-4-2-9-22(12-15)17-19-7-3-8-20-17/h3,5-8,10,15,21H,2,4,9,11-12H2,1H3. The number of nitrogens with one attached hydrogen (secondary N) is 1. The smallest absolute Gasteiger partial charge is 0.225 e. The fourth-order valence-corrected chi connectivity index (χ4v) is 3.11. The normalized spacial score (nSPS) is 18.0. The van der Waals surface area contributed by atoms with Crippen LogP contribution in [0.3, 0.4) is 0 Å². The van der Waals surface area contributed by atoms with E-state index in [0.29, 0.717) is 6.04 Å². The maximum atomic E-state index is 6.09. The molecule has 0 aliphatic carbocycles. The maximum Gasteiger partial charge on any atom is 0.225 e. The van der Waals surface area contributed by atoms with Crippen molar-refractivity contribution < 1.29 is 4.74 Å². The van der Waals surface area contributed by atoms with Gasteiger partial charge in [0.1, 0.15) is 5.75 Å². The molecule has 2 heterocycles. The molecule has 1 N–H and O–H groups in total. The number of hydrogen-bond donors (Lipinski definition) is 1. The predicted molar refractivity (Wildman–Crippen MR) is 92.1 cm³/mol. The van der Waals surface area contributed by atoms with E-state index in [2.05, 4.69) is 20.2 Å². The van der Waals surface area contributed by atoms with Crippen molar-refractivity contribution in [1.82, 2.24) is 15.3 Å². The Balaban J connectivity index is 1.61. The monoisotopic (exact) mass is 332 g/mol. The summed E-state index contributed by atoms with van der Waals surface area (Å²) in [6.07, 6.45) is 5.85. The van der Waals surface area contributed by atoms with Gasteiger partial charge in [-0.05, 0) is 37.1 Å². The molecule has 3 rings (SSSR count). The molecule has 5 nitrogen and oxygen atoms in total. The SMILES string of the molecule is COc1ccc(Cl)cc1CNC1CCCN(c2ncccn2)C1. The molecule has 1 aromatic heterocycles. The second kappa shape index (κ2) is 7.62. The summed E-state index contributed by atoms with van der Waals surface area (Å²) in [6.45, 7) is 2.65. The zero-order chi connectivity index (χ0) is 16.1. The van der Waals surface area contributed by atoms with Crippen LogP contribution in [0.1, 0.15) is 18.4 Å². The number of benzene rings is 1. The van der Waals surface area contributed by atoms with E-state index < -0.39 is 0 Å². The van der Waals surface area contributed by atoms with Gasteiger partial charge in [0, 0.05) is 48.7 Å². The Hall–Kier alpha value is -1.85. The summed E-state index contributed by atoms with van der Waals surface area (Å²) in [4.78, 5) is 10.9. The van der Waals surface area contributed by atoms with Crippen LogP contribution >= 0.6 is 11.6 Å². The molecule has 0 amide bonds. The third-order valence-electron chi connectivity index (χ3n) is 4.08. The molecule has 0 saturated carbocycles. The van der Waals surface area contributed by atoms with Crippen LogP contribution in [-0.2, 0) is 6.54 Å². The fourth-order valence-electron chi connectivity index (χ4n) is 2.92. The lowest BCUT2D eigenvalue weighted by molar-refractivity contribution is 0.393. The second-order valence-corrected chi connectivity index (χ2v) is 6.11. The van der Waals surface area contributed by atoms with Crippen LogP contribution < -0.4 is 15.0 Å². The molecule has 1 aliphatic heterocycles. The molecule has 23 heavy (non-hydrogen) atoms. The highest BCUT2D eigenvalue weighted by Crippen LogP contribution is 2.23. The number of aromatic nitrogens is 2. The van der Waals surface area contributed by atoms with Crippen LogP contribution in [0.2, 0.25) is 5.02 Å². The Morgan fingerprint density at radius 1 is 1.35 bits per heavy atom. The highest BCUT2D eigenvalue weighted by atomic mass is 35.5. The van der Waals surface area contributed by atoms with Gasteiger partial charge < -0.3 is 15.0 Å². The molecule has 2 aromatic rings. The molecule has 1 aromatic carbocycles. The molecule has 122 valence electrons. The summed E-state index contributed by atoms with van der Waals surface area (Å²) >= 11 is 6.09. The number of piperidine rings is 1. The minimum absolute atomic E-state index is 0.399. The largest absolute Gasteiger partial charge is 0.496 e. The van der Waals surface area contributed by atoms with E-state index in [1.807, 2.05) is 24.3 Å². The zero-order valence-electron chi connectivity index (χ0n) is 13.2. The Kier molecular flexibility index (Phi) is 5.31. The number of rotatable bonds is 5. The van der Waals surface area contributed by atoms with Crippen LogP contribution in [0.4, 0.5) is 5.95 Å². The Bertz CT molecular complexity index is 638. The summed E-state index contributed by atoms with van der Waals surface area (Å²) in [5.41, 5.74) is 1.08. The van der Waals surface area contributed by atoms with Crippen molar-refractivity contribution in [3.63, 3.8) is 0 Å². The first-order valence-corrected chi connectivity index (χ1v) is 8.22. The molecular weight excluding hydrogens is 312 g/mol. The van der Waals surface area contributed by atoms with Crippen LogP contribution in [0.5, 0.6) is 5.75 Å². The van der Waals surface area contributed by atoms with Crippen LogP contribution in [0, 0.1) is 0 Å². The Morgan fingerprint density at radius 3 is 2.96 bits per heavy atom. The van der Waals surface area contributed by atoms with Crippen molar-refractivity contribution in [3.8, 4) is 5.75 Å². The minimum atomic E-state index is 0.399. The molecule has 1 atom stereocenters. The Morgan fingerprint density at radius 2 is 2.17 bits per heavy atom. The average molecular weight is 333 g/mol. The first kappa shape index (κ1) is 16.0. The third kappa shape index (κ3) is 4.12. The lowest BCUT2D eigenvalue weighted by Gasteiger charge is -2.33. The van der Waals surface area contributed by atoms with Gasteiger partial charge in [0.05, 0.1) is 7.11 Å². The number of nitrogens with zero attached hydrogens (tertiary/aromatic N) is 3. The third-order valence-corrected chi connectivity index (χ3v) is 4.32. The quantitative estimate of drug-likeness (QED) is 0.912. The van der Waals surface area contributed by atoms with Crippen LogP contribution in [-0.4, -0.2) is 36.2 Å². The van der Waals surface area contributed by atoms with E-state index in [1.54, 1.807) is 19.5 Å². The van der Waals surface area contributed by atoms with E-state index in [-0.39, 0.29) is 0 Å². The molecule has 0 spiro atoms. The topological polar surface area (TPSA) is 50.3 Å². The van der Waals surface area contributed by atoms with Crippen molar-refractivity contribution in [1.29, 1.82) is 0 Å². The highest BCUT2D eigenvalue weighted by Gasteiger charge is 2.21. The number of ether oxygens (including phenoxy) is 1. The van der Waals surface area contributed by atoms with Crippen molar-refractivity contribution in [3.05, 3.63) is 47.2 Å². The molecule has 1 saturated heterocycles. The van der Waals surface area contributed by atoms with E-state index in [0.717, 1.165) is 54.8 Å². The second-order valence-electron chi connectivity index (χ2n) is 5.67. The fraction of sp³-hybridized carbons (Fsp3) is 0.412. The van der Waals surface area contributed by atoms with Crippen LogP contribution in [0.25, 0.3) is 0 Å². The zero-order valence-corrected chi connectivity index (χ0v) is 14.0. The lowest BCUT2D eigenvalue weighted by Crippen LogP contribution is -2.46. The van der Waals surface area contributed by atoms with E-state index >= 15 is 0 Å². The highest BCUT2D eigenvalue weighted by molar-refractivity contribution is 6.30. The molecular formula is C17H21ClN4O. The minimum Gasteiger partial charge on any atom is -0.496 e. The van der Waals surface area contributed by atoms with Gasteiger partial charge in [-0.2, -0.15) is 0 Å². The number of methoxy groups -OCH3 is 1. The van der Waals surface area contributed by atoms with E-state index in [9.17, 15) is 0 Å². The van der Waals surface area contributed by atoms with Gasteiger partial charge in [0.2, 0.25) is 5.95 Å². The van der Waals surface area contributed by atoms with Gasteiger partial charge in [-0.25, -0.2) is 9.97 Å². The van der Waals surface area contributed by atoms with Crippen molar-refractivity contribution in [2.24, 2.45) is 0 Å². The summed E-state index contributed by atoms with van der Waals surface area (Å²) in [7, 11) is 1.68. The van der Waals surface area contributed by atoms with Gasteiger partial charge in [0.15, 0.2) is 0 Å². The summed E-state index contributed by atoms with van der Waals surface area (Å²) in [5, 5.41) is 4.33. The first-order valence-electron chi connectivity index (χ1n) is 7.84. The Labute approximate surface area is 141 Å². The van der Waals surface area contributed by atoms with Gasteiger partial charge in [-0.15, -0.1) is 0 Å². The van der Waals surface area contributed by atoms with Gasteiger partial charge in [-0.1, -0.05) is 11.6 Å². The van der Waals surface area contributed by atoms with Crippen molar-refractivity contribution in [2.45, 2.75) is 25.4 Å². The molecule has 0 radical (unpaired) electrons. The lowest BCUT2D eigenvalue weighted by atomic mass is 10.1. The molecule has 0 bridgehead atoms. The van der Waals surface area contributed by atoms with Crippen molar-refractivity contribution >= 4 is 17.5 Å². The molecule has 6 heteroatoms. The molecule has 1 aliphatic rings. The van der Waals surface area contributed by atoms with Gasteiger partial charge >= 0.3 is 0 Å². The number of halogens is 1. The summed E-state index contributed by atoms with van der Waals surface area (Å²) < 4.78 is 5.40. The van der Waals surface area contributed by atoms with Crippen molar-refractivity contribution in [2.75, 3.05) is 25.1 Å². The number of anilines is 1. The summed E-state index contributed by atoms with van der Waals surface area (Å²) in [6, 6.07) is 7.95. The van der Waals surface area contributed by atoms with Gasteiger partial charge in [-0.3, -0.25) is 0 Å². The molecule has 1 fully saturated rings.